The summed E-state index contributed by atoms with van der Waals surface area (Å²) in [5.41, 5.74) is 1.71. The Hall–Kier alpha value is -1.35. The van der Waals surface area contributed by atoms with E-state index in [0.29, 0.717) is 6.61 Å². The molecule has 0 aliphatic carbocycles. The minimum atomic E-state index is -0.0438. The highest BCUT2D eigenvalue weighted by molar-refractivity contribution is 5.95. The van der Waals surface area contributed by atoms with E-state index in [0.717, 1.165) is 11.1 Å². The number of benzene rings is 1. The van der Waals surface area contributed by atoms with E-state index in [2.05, 4.69) is 5.32 Å². The molecule has 0 aliphatic heterocycles. The van der Waals surface area contributed by atoms with Crippen molar-refractivity contribution in [3.63, 3.8) is 0 Å². The smallest absolute Gasteiger partial charge is 0.251 e. The van der Waals surface area contributed by atoms with E-state index in [1.54, 1.807) is 7.11 Å². The first-order chi connectivity index (χ1) is 7.15. The molecule has 15 heavy (non-hydrogen) atoms. The minimum absolute atomic E-state index is 0.0297. The zero-order chi connectivity index (χ0) is 11.3. The average molecular weight is 207 g/mol. The van der Waals surface area contributed by atoms with E-state index in [4.69, 9.17) is 4.74 Å². The van der Waals surface area contributed by atoms with Gasteiger partial charge in [0.1, 0.15) is 0 Å². The van der Waals surface area contributed by atoms with Gasteiger partial charge in [-0.05, 0) is 25.5 Å². The molecule has 0 heterocycles. The molecule has 0 radical (unpaired) electrons. The predicted molar refractivity (Wildman–Crippen MR) is 60.0 cm³/mol. The molecule has 0 bridgehead atoms. The molecule has 0 fully saturated rings. The topological polar surface area (TPSA) is 38.3 Å². The molecule has 0 aliphatic rings. The van der Waals surface area contributed by atoms with Gasteiger partial charge in [-0.15, -0.1) is 0 Å². The Morgan fingerprint density at radius 1 is 1.47 bits per heavy atom. The summed E-state index contributed by atoms with van der Waals surface area (Å²) in [7, 11) is 1.62. The number of hydrogen-bond donors (Lipinski definition) is 1. The van der Waals surface area contributed by atoms with Crippen LogP contribution in [0, 0.1) is 6.92 Å². The fourth-order valence-electron chi connectivity index (χ4n) is 1.42. The fraction of sp³-hybridized carbons (Fsp3) is 0.417. The van der Waals surface area contributed by atoms with Crippen molar-refractivity contribution in [3.05, 3.63) is 35.4 Å². The van der Waals surface area contributed by atoms with E-state index in [1.807, 2.05) is 38.1 Å². The van der Waals surface area contributed by atoms with E-state index < -0.39 is 0 Å². The highest BCUT2D eigenvalue weighted by Crippen LogP contribution is 2.06. The monoisotopic (exact) mass is 207 g/mol. The van der Waals surface area contributed by atoms with Crippen LogP contribution in [-0.4, -0.2) is 25.7 Å². The third kappa shape index (κ3) is 3.36. The number of rotatable bonds is 4. The summed E-state index contributed by atoms with van der Waals surface area (Å²) in [4.78, 5) is 11.8. The van der Waals surface area contributed by atoms with Crippen LogP contribution in [-0.2, 0) is 4.74 Å². The Balaban J connectivity index is 2.65. The van der Waals surface area contributed by atoms with Gasteiger partial charge in [0.05, 0.1) is 6.61 Å². The fourth-order valence-corrected chi connectivity index (χ4v) is 1.42. The number of carbonyl (C=O) groups excluding carboxylic acids is 1. The standard InChI is InChI=1S/C12H17NO2/c1-9-6-4-5-7-11(9)12(14)13-10(2)8-15-3/h4-7,10H,8H2,1-3H3,(H,13,14)/t10-/m0/s1. The van der Waals surface area contributed by atoms with Gasteiger partial charge in [0, 0.05) is 18.7 Å². The van der Waals surface area contributed by atoms with Crippen LogP contribution >= 0.6 is 0 Å². The first-order valence-electron chi connectivity index (χ1n) is 5.00. The quantitative estimate of drug-likeness (QED) is 0.817. The zero-order valence-electron chi connectivity index (χ0n) is 9.41. The second kappa shape index (κ2) is 5.51. The highest BCUT2D eigenvalue weighted by Gasteiger charge is 2.10. The van der Waals surface area contributed by atoms with Gasteiger partial charge in [-0.2, -0.15) is 0 Å². The molecule has 1 atom stereocenters. The van der Waals surface area contributed by atoms with Crippen LogP contribution in [0.25, 0.3) is 0 Å². The Labute approximate surface area is 90.4 Å². The molecule has 3 heteroatoms. The van der Waals surface area contributed by atoms with Crippen molar-refractivity contribution in [1.82, 2.24) is 5.32 Å². The van der Waals surface area contributed by atoms with Crippen molar-refractivity contribution < 1.29 is 9.53 Å². The maximum absolute atomic E-state index is 11.8. The van der Waals surface area contributed by atoms with E-state index in [-0.39, 0.29) is 11.9 Å². The molecule has 0 spiro atoms. The predicted octanol–water partition coefficient (Wildman–Crippen LogP) is 1.76. The molecule has 3 nitrogen and oxygen atoms in total. The van der Waals surface area contributed by atoms with Crippen molar-refractivity contribution in [3.8, 4) is 0 Å². The van der Waals surface area contributed by atoms with E-state index in [9.17, 15) is 4.79 Å². The summed E-state index contributed by atoms with van der Waals surface area (Å²) in [6.45, 7) is 4.37. The number of hydrogen-bond acceptors (Lipinski definition) is 2. The Morgan fingerprint density at radius 2 is 2.13 bits per heavy atom. The Morgan fingerprint density at radius 3 is 2.73 bits per heavy atom. The van der Waals surface area contributed by atoms with Crippen LogP contribution in [0.3, 0.4) is 0 Å². The zero-order valence-corrected chi connectivity index (χ0v) is 9.41. The second-order valence-electron chi connectivity index (χ2n) is 3.64. The number of amides is 1. The van der Waals surface area contributed by atoms with Crippen LogP contribution in [0.2, 0.25) is 0 Å². The van der Waals surface area contributed by atoms with Gasteiger partial charge in [-0.1, -0.05) is 18.2 Å². The maximum Gasteiger partial charge on any atom is 0.251 e. The van der Waals surface area contributed by atoms with Gasteiger partial charge in [0.15, 0.2) is 0 Å². The van der Waals surface area contributed by atoms with Crippen molar-refractivity contribution in [1.29, 1.82) is 0 Å². The lowest BCUT2D eigenvalue weighted by atomic mass is 10.1. The maximum atomic E-state index is 11.8. The number of ether oxygens (including phenoxy) is 1. The number of nitrogens with one attached hydrogen (secondary N) is 1. The van der Waals surface area contributed by atoms with Crippen LogP contribution in [0.1, 0.15) is 22.8 Å². The third-order valence-corrected chi connectivity index (χ3v) is 2.18. The van der Waals surface area contributed by atoms with Crippen LogP contribution in [0.4, 0.5) is 0 Å². The molecule has 0 aromatic heterocycles. The van der Waals surface area contributed by atoms with Crippen LogP contribution in [0.15, 0.2) is 24.3 Å². The molecular formula is C12H17NO2. The molecule has 1 rings (SSSR count). The van der Waals surface area contributed by atoms with Gasteiger partial charge in [0.25, 0.3) is 5.91 Å². The summed E-state index contributed by atoms with van der Waals surface area (Å²) in [6, 6.07) is 7.57. The molecule has 1 N–H and O–H groups in total. The SMILES string of the molecule is COC[C@H](C)NC(=O)c1ccccc1C. The average Bonchev–Trinajstić information content (AvgIpc) is 2.18. The molecule has 0 saturated heterocycles. The summed E-state index contributed by atoms with van der Waals surface area (Å²) in [5, 5.41) is 2.87. The highest BCUT2D eigenvalue weighted by atomic mass is 16.5. The molecule has 0 saturated carbocycles. The lowest BCUT2D eigenvalue weighted by Gasteiger charge is -2.13. The van der Waals surface area contributed by atoms with Gasteiger partial charge in [-0.25, -0.2) is 0 Å². The number of carbonyl (C=O) groups is 1. The summed E-state index contributed by atoms with van der Waals surface area (Å²) in [5.74, 6) is -0.0438. The van der Waals surface area contributed by atoms with Crippen molar-refractivity contribution in [2.45, 2.75) is 19.9 Å². The number of methoxy groups -OCH3 is 1. The van der Waals surface area contributed by atoms with Gasteiger partial charge in [-0.3, -0.25) is 4.79 Å². The Bertz CT molecular complexity index is 336. The van der Waals surface area contributed by atoms with Crippen LogP contribution < -0.4 is 5.32 Å². The van der Waals surface area contributed by atoms with Gasteiger partial charge in [0.2, 0.25) is 0 Å². The van der Waals surface area contributed by atoms with Crippen LogP contribution in [0.5, 0.6) is 0 Å². The number of aryl methyl sites for hydroxylation is 1. The third-order valence-electron chi connectivity index (χ3n) is 2.18. The normalized spacial score (nSPS) is 12.2. The Kier molecular flexibility index (Phi) is 4.31. The summed E-state index contributed by atoms with van der Waals surface area (Å²) >= 11 is 0. The van der Waals surface area contributed by atoms with Crippen molar-refractivity contribution in [2.75, 3.05) is 13.7 Å². The molecular weight excluding hydrogens is 190 g/mol. The molecule has 1 aromatic carbocycles. The van der Waals surface area contributed by atoms with Crippen molar-refractivity contribution >= 4 is 5.91 Å². The first-order valence-corrected chi connectivity index (χ1v) is 5.00. The van der Waals surface area contributed by atoms with Crippen molar-refractivity contribution in [2.24, 2.45) is 0 Å². The molecule has 82 valence electrons. The first kappa shape index (κ1) is 11.7. The lowest BCUT2D eigenvalue weighted by Crippen LogP contribution is -2.35. The minimum Gasteiger partial charge on any atom is -0.383 e. The molecule has 1 aromatic rings. The van der Waals surface area contributed by atoms with Gasteiger partial charge < -0.3 is 10.1 Å². The summed E-state index contributed by atoms with van der Waals surface area (Å²) < 4.78 is 4.96. The lowest BCUT2D eigenvalue weighted by molar-refractivity contribution is 0.0905. The second-order valence-corrected chi connectivity index (χ2v) is 3.64. The summed E-state index contributed by atoms with van der Waals surface area (Å²) in [6.07, 6.45) is 0. The van der Waals surface area contributed by atoms with E-state index in [1.165, 1.54) is 0 Å². The molecule has 1 amide bonds. The largest absolute Gasteiger partial charge is 0.383 e. The van der Waals surface area contributed by atoms with Gasteiger partial charge >= 0.3 is 0 Å². The molecule has 0 unspecified atom stereocenters. The van der Waals surface area contributed by atoms with E-state index >= 15 is 0 Å².